The number of ether oxygens (including phenoxy) is 3. The van der Waals surface area contributed by atoms with Crippen molar-refractivity contribution in [1.29, 1.82) is 0 Å². The van der Waals surface area contributed by atoms with Crippen LogP contribution in [0.4, 0.5) is 25.0 Å². The summed E-state index contributed by atoms with van der Waals surface area (Å²) in [5.41, 5.74) is 0.450. The van der Waals surface area contributed by atoms with Crippen molar-refractivity contribution in [3.63, 3.8) is 0 Å². The maximum Gasteiger partial charge on any atom is 0.414 e. The third-order valence-corrected chi connectivity index (χ3v) is 6.04. The molecule has 0 N–H and O–H groups in total. The zero-order valence-electron chi connectivity index (χ0n) is 17.1. The minimum Gasteiger partial charge on any atom is -0.441 e. The molecule has 0 bridgehead atoms. The van der Waals surface area contributed by atoms with Crippen molar-refractivity contribution in [1.82, 2.24) is 0 Å². The summed E-state index contributed by atoms with van der Waals surface area (Å²) in [5.74, 6) is -1.89. The number of anilines is 2. The summed E-state index contributed by atoms with van der Waals surface area (Å²) < 4.78 is 72.8. The highest BCUT2D eigenvalue weighted by atomic mass is 32.2. The van der Waals surface area contributed by atoms with Crippen LogP contribution in [0, 0.1) is 5.82 Å². The second-order valence-electron chi connectivity index (χ2n) is 7.96. The van der Waals surface area contributed by atoms with Crippen LogP contribution in [0.3, 0.4) is 0 Å². The number of hydrogen-bond acceptors (Lipinski definition) is 8. The van der Waals surface area contributed by atoms with E-state index in [1.165, 1.54) is 23.1 Å². The Labute approximate surface area is 178 Å². The van der Waals surface area contributed by atoms with E-state index >= 15 is 0 Å². The van der Waals surface area contributed by atoms with Gasteiger partial charge in [0.2, 0.25) is 5.79 Å². The second kappa shape index (κ2) is 8.15. The molecule has 1 aromatic rings. The Morgan fingerprint density at radius 2 is 2.10 bits per heavy atom. The standard InChI is InChI=1S/C19H24F2N2O7S/c1-12-10-27-19(30-12)5-6-22(9-17(19)21)16-4-3-13(7-15(16)20)23-8-14(29-18(23)24)11-28-31(2,25)26/h3-4,7,12,14,17H,5-6,8-11H2,1-2H3/t12?,14-,17?,19?/m1/s1. The summed E-state index contributed by atoms with van der Waals surface area (Å²) in [4.78, 5) is 14.9. The third kappa shape index (κ3) is 4.61. The van der Waals surface area contributed by atoms with Gasteiger partial charge in [-0.05, 0) is 25.1 Å². The van der Waals surface area contributed by atoms with E-state index in [-0.39, 0.29) is 43.6 Å². The number of alkyl halides is 1. The van der Waals surface area contributed by atoms with Gasteiger partial charge in [0.15, 0.2) is 6.17 Å². The maximum atomic E-state index is 14.9. The number of piperidine rings is 1. The maximum absolute atomic E-state index is 14.9. The smallest absolute Gasteiger partial charge is 0.414 e. The predicted molar refractivity (Wildman–Crippen MR) is 106 cm³/mol. The Morgan fingerprint density at radius 1 is 1.32 bits per heavy atom. The van der Waals surface area contributed by atoms with E-state index in [4.69, 9.17) is 14.2 Å². The monoisotopic (exact) mass is 462 g/mol. The molecule has 4 atom stereocenters. The summed E-state index contributed by atoms with van der Waals surface area (Å²) in [6.07, 6.45) is -2.00. The lowest BCUT2D eigenvalue weighted by molar-refractivity contribution is -0.215. The molecule has 0 radical (unpaired) electrons. The van der Waals surface area contributed by atoms with Crippen LogP contribution in [0.25, 0.3) is 0 Å². The van der Waals surface area contributed by atoms with Gasteiger partial charge >= 0.3 is 6.09 Å². The second-order valence-corrected chi connectivity index (χ2v) is 9.60. The Bertz CT molecular complexity index is 963. The van der Waals surface area contributed by atoms with Crippen molar-refractivity contribution in [2.45, 2.75) is 37.5 Å². The van der Waals surface area contributed by atoms with Gasteiger partial charge in [0.25, 0.3) is 10.1 Å². The van der Waals surface area contributed by atoms with Crippen molar-refractivity contribution in [2.75, 3.05) is 48.9 Å². The van der Waals surface area contributed by atoms with Crippen LogP contribution in [0.1, 0.15) is 13.3 Å². The fourth-order valence-corrected chi connectivity index (χ4v) is 4.39. The summed E-state index contributed by atoms with van der Waals surface area (Å²) >= 11 is 0. The van der Waals surface area contributed by atoms with Gasteiger partial charge in [-0.2, -0.15) is 8.42 Å². The summed E-state index contributed by atoms with van der Waals surface area (Å²) in [6.45, 7) is 2.09. The highest BCUT2D eigenvalue weighted by Crippen LogP contribution is 2.38. The molecule has 3 fully saturated rings. The first-order chi connectivity index (χ1) is 14.6. The van der Waals surface area contributed by atoms with E-state index in [1.807, 2.05) is 6.92 Å². The zero-order chi connectivity index (χ0) is 22.4. The average Bonchev–Trinajstić information content (AvgIpc) is 3.25. The number of nitrogens with zero attached hydrogens (tertiary/aromatic N) is 2. The van der Waals surface area contributed by atoms with Crippen LogP contribution >= 0.6 is 0 Å². The SMILES string of the molecule is CC1COC2(CCN(c3ccc(N4C[C@H](COS(C)(=O)=O)OC4=O)cc3F)CC2F)O1. The van der Waals surface area contributed by atoms with E-state index in [0.29, 0.717) is 13.2 Å². The first-order valence-electron chi connectivity index (χ1n) is 9.89. The molecule has 1 aromatic carbocycles. The Hall–Kier alpha value is -2.02. The van der Waals surface area contributed by atoms with Crippen LogP contribution < -0.4 is 9.80 Å². The lowest BCUT2D eigenvalue weighted by atomic mass is 10.0. The predicted octanol–water partition coefficient (Wildman–Crippen LogP) is 1.81. The van der Waals surface area contributed by atoms with Crippen molar-refractivity contribution in [3.05, 3.63) is 24.0 Å². The van der Waals surface area contributed by atoms with Crippen molar-refractivity contribution in [3.8, 4) is 0 Å². The molecule has 4 rings (SSSR count). The van der Waals surface area contributed by atoms with Gasteiger partial charge in [-0.15, -0.1) is 0 Å². The molecule has 3 aliphatic heterocycles. The Balaban J connectivity index is 1.42. The van der Waals surface area contributed by atoms with Crippen LogP contribution in [-0.2, 0) is 28.5 Å². The molecular weight excluding hydrogens is 438 g/mol. The lowest BCUT2D eigenvalue weighted by Crippen LogP contribution is -2.54. The molecule has 172 valence electrons. The largest absolute Gasteiger partial charge is 0.441 e. The average molecular weight is 462 g/mol. The van der Waals surface area contributed by atoms with E-state index in [9.17, 15) is 22.0 Å². The van der Waals surface area contributed by atoms with Gasteiger partial charge in [-0.25, -0.2) is 13.6 Å². The molecule has 0 aliphatic carbocycles. The molecule has 0 aromatic heterocycles. The topological polar surface area (TPSA) is 94.6 Å². The van der Waals surface area contributed by atoms with Crippen molar-refractivity contribution in [2.24, 2.45) is 0 Å². The van der Waals surface area contributed by atoms with E-state index in [1.54, 1.807) is 4.90 Å². The van der Waals surface area contributed by atoms with Gasteiger partial charge in [0.1, 0.15) is 18.5 Å². The fourth-order valence-electron chi connectivity index (χ4n) is 3.99. The van der Waals surface area contributed by atoms with Crippen molar-refractivity contribution >= 4 is 27.6 Å². The lowest BCUT2D eigenvalue weighted by Gasteiger charge is -2.41. The normalized spacial score (nSPS) is 31.5. The minimum absolute atomic E-state index is 0.0127. The summed E-state index contributed by atoms with van der Waals surface area (Å²) in [7, 11) is -3.68. The van der Waals surface area contributed by atoms with Gasteiger partial charge in [-0.1, -0.05) is 0 Å². The van der Waals surface area contributed by atoms with E-state index in [0.717, 1.165) is 6.26 Å². The number of carbonyl (C=O) groups is 1. The van der Waals surface area contributed by atoms with Crippen LogP contribution in [-0.4, -0.2) is 77.8 Å². The molecule has 3 unspecified atom stereocenters. The first kappa shape index (κ1) is 22.2. The summed E-state index contributed by atoms with van der Waals surface area (Å²) in [5, 5.41) is 0. The van der Waals surface area contributed by atoms with Gasteiger partial charge < -0.3 is 19.1 Å². The number of benzene rings is 1. The highest BCUT2D eigenvalue weighted by Gasteiger charge is 2.51. The number of amides is 1. The van der Waals surface area contributed by atoms with Gasteiger partial charge in [0, 0.05) is 13.0 Å². The number of rotatable bonds is 5. The van der Waals surface area contributed by atoms with Crippen molar-refractivity contribution < 1.29 is 40.4 Å². The molecule has 1 spiro atoms. The minimum atomic E-state index is -3.68. The molecule has 3 aliphatic rings. The number of halogens is 2. The van der Waals surface area contributed by atoms with Crippen LogP contribution in [0.5, 0.6) is 0 Å². The molecular formula is C19H24F2N2O7S. The molecule has 1 amide bonds. The van der Waals surface area contributed by atoms with Gasteiger partial charge in [-0.3, -0.25) is 9.08 Å². The Kier molecular flexibility index (Phi) is 5.83. The zero-order valence-corrected chi connectivity index (χ0v) is 17.9. The summed E-state index contributed by atoms with van der Waals surface area (Å²) in [6, 6.07) is 4.17. The molecule has 12 heteroatoms. The molecule has 31 heavy (non-hydrogen) atoms. The first-order valence-corrected chi connectivity index (χ1v) is 11.7. The quantitative estimate of drug-likeness (QED) is 0.612. The van der Waals surface area contributed by atoms with Gasteiger partial charge in [0.05, 0.1) is 43.4 Å². The number of cyclic esters (lactones) is 1. The fraction of sp³-hybridized carbons (Fsp3) is 0.632. The molecule has 0 saturated carbocycles. The Morgan fingerprint density at radius 3 is 2.71 bits per heavy atom. The number of carbonyl (C=O) groups excluding carboxylic acids is 1. The van der Waals surface area contributed by atoms with Crippen LogP contribution in [0.15, 0.2) is 18.2 Å². The van der Waals surface area contributed by atoms with E-state index in [2.05, 4.69) is 4.18 Å². The molecule has 9 nitrogen and oxygen atoms in total. The van der Waals surface area contributed by atoms with E-state index < -0.39 is 40.1 Å². The van der Waals surface area contributed by atoms with Crippen LogP contribution in [0.2, 0.25) is 0 Å². The molecule has 3 heterocycles. The molecule has 3 saturated heterocycles. The number of hydrogen-bond donors (Lipinski definition) is 0. The third-order valence-electron chi connectivity index (χ3n) is 5.48. The highest BCUT2D eigenvalue weighted by molar-refractivity contribution is 7.85.